The Morgan fingerprint density at radius 2 is 1.72 bits per heavy atom. The third-order valence-electron chi connectivity index (χ3n) is 1.62. The first-order chi connectivity index (χ1) is 8.31. The Morgan fingerprint density at radius 3 is 2.17 bits per heavy atom. The fraction of sp³-hybridized carbons (Fsp3) is 0. The smallest absolute Gasteiger partial charge is 0.355 e. The Labute approximate surface area is 116 Å². The summed E-state index contributed by atoms with van der Waals surface area (Å²) in [7, 11) is 0. The van der Waals surface area contributed by atoms with Crippen LogP contribution in [-0.2, 0) is 9.59 Å². The average molecular weight is 312 g/mol. The number of ether oxygens (including phenoxy) is 1. The van der Waals surface area contributed by atoms with Crippen LogP contribution in [0.1, 0.15) is 0 Å². The van der Waals surface area contributed by atoms with Gasteiger partial charge in [0.15, 0.2) is 5.75 Å². The number of benzene rings is 1. The Hall–Kier alpha value is -1.43. The van der Waals surface area contributed by atoms with Crippen molar-refractivity contribution in [3.63, 3.8) is 0 Å². The van der Waals surface area contributed by atoms with Crippen molar-refractivity contribution in [1.29, 1.82) is 0 Å². The summed E-state index contributed by atoms with van der Waals surface area (Å²) in [6.45, 7) is 0. The molecule has 0 amide bonds. The summed E-state index contributed by atoms with van der Waals surface area (Å²) >= 11 is 16.8. The van der Waals surface area contributed by atoms with Crippen LogP contribution in [0.2, 0.25) is 10.0 Å². The first kappa shape index (κ1) is 14.6. The van der Waals surface area contributed by atoms with E-state index in [2.05, 4.69) is 0 Å². The maximum atomic E-state index is 11.4. The number of carboxylic acid groups (broad SMARTS) is 1. The zero-order valence-electron chi connectivity index (χ0n) is 8.49. The molecule has 2 N–H and O–H groups in total. The molecule has 5 nitrogen and oxygen atoms in total. The van der Waals surface area contributed by atoms with Crippen molar-refractivity contribution >= 4 is 46.7 Å². The maximum Gasteiger partial charge on any atom is 0.355 e. The number of carbonyl (C=O) groups excluding carboxylic acids is 1. The van der Waals surface area contributed by atoms with Gasteiger partial charge >= 0.3 is 11.9 Å². The van der Waals surface area contributed by atoms with E-state index in [1.165, 1.54) is 0 Å². The molecule has 0 aliphatic rings. The van der Waals surface area contributed by atoms with Gasteiger partial charge in [-0.05, 0) is 0 Å². The minimum absolute atomic E-state index is 0.117. The number of carboxylic acids is 1. The Bertz CT molecular complexity index is 515. The fourth-order valence-electron chi connectivity index (χ4n) is 0.953. The molecule has 0 fully saturated rings. The molecule has 0 spiro atoms. The van der Waals surface area contributed by atoms with Crippen LogP contribution in [0.5, 0.6) is 11.5 Å². The molecule has 1 aromatic rings. The first-order valence-corrected chi connectivity index (χ1v) is 5.45. The molecule has 0 unspecified atom stereocenters. The van der Waals surface area contributed by atoms with Gasteiger partial charge in [-0.15, -0.1) is 0 Å². The van der Waals surface area contributed by atoms with Gasteiger partial charge in [-0.2, -0.15) is 0 Å². The number of phenols is 1. The number of rotatable bonds is 3. The molecule has 1 aromatic carbocycles. The van der Waals surface area contributed by atoms with E-state index < -0.39 is 17.0 Å². The van der Waals surface area contributed by atoms with Crippen LogP contribution in [0.15, 0.2) is 23.2 Å². The van der Waals surface area contributed by atoms with Gasteiger partial charge in [0.1, 0.15) is 10.8 Å². The van der Waals surface area contributed by atoms with E-state index in [0.717, 1.165) is 12.1 Å². The molecule has 0 bridgehead atoms. The molecular formula is C10H5Cl3O5. The fourth-order valence-corrected chi connectivity index (χ4v) is 1.64. The minimum Gasteiger partial charge on any atom is -0.508 e. The maximum absolute atomic E-state index is 11.4. The van der Waals surface area contributed by atoms with Crippen LogP contribution in [0.25, 0.3) is 0 Å². The second-order valence-corrected chi connectivity index (χ2v) is 4.18. The third-order valence-corrected chi connectivity index (χ3v) is 2.45. The van der Waals surface area contributed by atoms with Crippen molar-refractivity contribution < 1.29 is 24.5 Å². The highest BCUT2D eigenvalue weighted by Crippen LogP contribution is 2.36. The standard InChI is InChI=1S/C10H5Cl3O5/c11-5-1-4(14)2-6(12)9(5)18-10(17)7(13)3-8(15)16/h1-3,14H,(H,15,16)/b7-3+. The third kappa shape index (κ3) is 3.80. The van der Waals surface area contributed by atoms with E-state index in [4.69, 9.17) is 49.8 Å². The monoisotopic (exact) mass is 310 g/mol. The molecule has 8 heteroatoms. The topological polar surface area (TPSA) is 83.8 Å². The van der Waals surface area contributed by atoms with Crippen LogP contribution in [0, 0.1) is 0 Å². The average Bonchev–Trinajstić information content (AvgIpc) is 2.21. The van der Waals surface area contributed by atoms with E-state index >= 15 is 0 Å². The van der Waals surface area contributed by atoms with E-state index in [1.54, 1.807) is 0 Å². The second-order valence-electron chi connectivity index (χ2n) is 2.96. The van der Waals surface area contributed by atoms with Gasteiger partial charge in [0.25, 0.3) is 0 Å². The quantitative estimate of drug-likeness (QED) is 0.509. The zero-order chi connectivity index (χ0) is 13.9. The van der Waals surface area contributed by atoms with Gasteiger partial charge in [0.05, 0.1) is 10.0 Å². The Morgan fingerprint density at radius 1 is 1.22 bits per heavy atom. The summed E-state index contributed by atoms with van der Waals surface area (Å²) in [6.07, 6.45) is 0.464. The van der Waals surface area contributed by atoms with E-state index in [-0.39, 0.29) is 21.5 Å². The predicted molar refractivity (Wildman–Crippen MR) is 65.3 cm³/mol. The highest BCUT2D eigenvalue weighted by atomic mass is 35.5. The lowest BCUT2D eigenvalue weighted by molar-refractivity contribution is -0.133. The van der Waals surface area contributed by atoms with Gasteiger partial charge in [-0.1, -0.05) is 34.8 Å². The van der Waals surface area contributed by atoms with Crippen molar-refractivity contribution in [2.24, 2.45) is 0 Å². The van der Waals surface area contributed by atoms with Gasteiger partial charge in [0, 0.05) is 18.2 Å². The lowest BCUT2D eigenvalue weighted by Crippen LogP contribution is -2.10. The first-order valence-electron chi connectivity index (χ1n) is 4.31. The van der Waals surface area contributed by atoms with Crippen molar-refractivity contribution in [1.82, 2.24) is 0 Å². The Kier molecular flexibility index (Phi) is 4.84. The Balaban J connectivity index is 2.99. The molecule has 0 aliphatic heterocycles. The number of carbonyl (C=O) groups is 2. The molecule has 0 atom stereocenters. The number of aliphatic carboxylic acids is 1. The molecule has 0 heterocycles. The normalized spacial score (nSPS) is 11.2. The molecule has 18 heavy (non-hydrogen) atoms. The number of aromatic hydroxyl groups is 1. The molecule has 1 rings (SSSR count). The molecule has 0 aliphatic carbocycles. The van der Waals surface area contributed by atoms with Crippen LogP contribution < -0.4 is 4.74 Å². The van der Waals surface area contributed by atoms with Gasteiger partial charge in [-0.3, -0.25) is 0 Å². The van der Waals surface area contributed by atoms with Crippen LogP contribution in [0.3, 0.4) is 0 Å². The summed E-state index contributed by atoms with van der Waals surface area (Å²) in [4.78, 5) is 21.7. The minimum atomic E-state index is -1.40. The molecule has 96 valence electrons. The number of hydrogen-bond donors (Lipinski definition) is 2. The van der Waals surface area contributed by atoms with E-state index in [9.17, 15) is 9.59 Å². The summed E-state index contributed by atoms with van der Waals surface area (Å²) in [6, 6.07) is 2.20. The summed E-state index contributed by atoms with van der Waals surface area (Å²) in [5.74, 6) is -2.97. The summed E-state index contributed by atoms with van der Waals surface area (Å²) in [5.41, 5.74) is 0. The van der Waals surface area contributed by atoms with Crippen LogP contribution >= 0.6 is 34.8 Å². The van der Waals surface area contributed by atoms with Crippen LogP contribution in [0.4, 0.5) is 0 Å². The molecule has 0 saturated carbocycles. The summed E-state index contributed by atoms with van der Waals surface area (Å²) in [5, 5.41) is 16.7. The van der Waals surface area contributed by atoms with Crippen LogP contribution in [-0.4, -0.2) is 22.2 Å². The highest BCUT2D eigenvalue weighted by molar-refractivity contribution is 6.43. The van der Waals surface area contributed by atoms with Gasteiger partial charge in [-0.25, -0.2) is 9.59 Å². The van der Waals surface area contributed by atoms with Gasteiger partial charge in [0.2, 0.25) is 0 Å². The zero-order valence-corrected chi connectivity index (χ0v) is 10.8. The number of halogens is 3. The van der Waals surface area contributed by atoms with E-state index in [1.807, 2.05) is 0 Å². The van der Waals surface area contributed by atoms with Gasteiger partial charge < -0.3 is 14.9 Å². The van der Waals surface area contributed by atoms with Crippen molar-refractivity contribution in [3.8, 4) is 11.5 Å². The predicted octanol–water partition coefficient (Wildman–Crippen LogP) is 2.81. The van der Waals surface area contributed by atoms with Crippen molar-refractivity contribution in [2.45, 2.75) is 0 Å². The molecular weight excluding hydrogens is 306 g/mol. The SMILES string of the molecule is O=C(O)/C=C(/Cl)C(=O)Oc1c(Cl)cc(O)cc1Cl. The number of phenolic OH excluding ortho intramolecular Hbond substituents is 1. The highest BCUT2D eigenvalue weighted by Gasteiger charge is 2.17. The van der Waals surface area contributed by atoms with E-state index in [0.29, 0.717) is 6.08 Å². The number of esters is 1. The lowest BCUT2D eigenvalue weighted by Gasteiger charge is -2.07. The lowest BCUT2D eigenvalue weighted by atomic mass is 10.3. The molecule has 0 aromatic heterocycles. The number of hydrogen-bond acceptors (Lipinski definition) is 4. The molecule has 0 radical (unpaired) electrons. The summed E-state index contributed by atoms with van der Waals surface area (Å²) < 4.78 is 4.72. The van der Waals surface area contributed by atoms with Crippen molar-refractivity contribution in [3.05, 3.63) is 33.3 Å². The second kappa shape index (κ2) is 5.95. The largest absolute Gasteiger partial charge is 0.508 e. The van der Waals surface area contributed by atoms with Crippen molar-refractivity contribution in [2.75, 3.05) is 0 Å². The molecule has 0 saturated heterocycles.